The van der Waals surface area contributed by atoms with Crippen LogP contribution in [0.5, 0.6) is 0 Å². The molecule has 2 rings (SSSR count). The summed E-state index contributed by atoms with van der Waals surface area (Å²) in [5.41, 5.74) is 7.29. The van der Waals surface area contributed by atoms with Gasteiger partial charge in [0.05, 0.1) is 6.33 Å². The first-order valence-corrected chi connectivity index (χ1v) is 6.97. The van der Waals surface area contributed by atoms with E-state index in [0.29, 0.717) is 5.65 Å². The van der Waals surface area contributed by atoms with Crippen LogP contribution in [-0.2, 0) is 0 Å². The Hall–Kier alpha value is -1.85. The highest BCUT2D eigenvalue weighted by molar-refractivity contribution is 5.84. The van der Waals surface area contributed by atoms with Crippen LogP contribution in [-0.4, -0.2) is 33.0 Å². The maximum atomic E-state index is 5.78. The fraction of sp³-hybridized carbons (Fsp3) is 0.615. The van der Waals surface area contributed by atoms with Crippen LogP contribution < -0.4 is 10.6 Å². The van der Waals surface area contributed by atoms with Crippen molar-refractivity contribution in [3.63, 3.8) is 0 Å². The van der Waals surface area contributed by atoms with E-state index in [2.05, 4.69) is 38.7 Å². The molecule has 0 atom stereocenters. The Balaban J connectivity index is 2.33. The molecule has 0 aliphatic rings. The first kappa shape index (κ1) is 13.6. The molecule has 104 valence electrons. The monoisotopic (exact) mass is 262 g/mol. The maximum absolute atomic E-state index is 5.78. The minimum atomic E-state index is 0.285. The second kappa shape index (κ2) is 6.36. The summed E-state index contributed by atoms with van der Waals surface area (Å²) in [6, 6.07) is 0. The molecule has 0 unspecified atom stereocenters. The van der Waals surface area contributed by atoms with Gasteiger partial charge in [0.25, 0.3) is 0 Å². The lowest BCUT2D eigenvalue weighted by Crippen LogP contribution is -2.27. The SMILES string of the molecule is CCCCN(CCCC)c1nc(N)nc2nc[nH]c12. The van der Waals surface area contributed by atoms with Crippen LogP contribution in [0.4, 0.5) is 11.8 Å². The molecule has 0 fully saturated rings. The van der Waals surface area contributed by atoms with Gasteiger partial charge in [-0.25, -0.2) is 4.98 Å². The zero-order valence-electron chi connectivity index (χ0n) is 11.7. The number of imidazole rings is 1. The molecule has 3 N–H and O–H groups in total. The Kier molecular flexibility index (Phi) is 4.54. The van der Waals surface area contributed by atoms with Crippen molar-refractivity contribution in [1.82, 2.24) is 19.9 Å². The number of rotatable bonds is 7. The molecule has 0 radical (unpaired) electrons. The van der Waals surface area contributed by atoms with Crippen LogP contribution in [0.3, 0.4) is 0 Å². The van der Waals surface area contributed by atoms with E-state index < -0.39 is 0 Å². The number of aromatic amines is 1. The molecule has 0 spiro atoms. The lowest BCUT2D eigenvalue weighted by atomic mass is 10.2. The number of aromatic nitrogens is 4. The molecule has 6 nitrogen and oxygen atoms in total. The molecule has 6 heteroatoms. The van der Waals surface area contributed by atoms with Gasteiger partial charge < -0.3 is 15.6 Å². The summed E-state index contributed by atoms with van der Waals surface area (Å²) in [7, 11) is 0. The molecule has 19 heavy (non-hydrogen) atoms. The van der Waals surface area contributed by atoms with E-state index in [4.69, 9.17) is 5.73 Å². The first-order chi connectivity index (χ1) is 9.26. The zero-order chi connectivity index (χ0) is 13.7. The van der Waals surface area contributed by atoms with Crippen LogP contribution in [0.1, 0.15) is 39.5 Å². The Bertz CT molecular complexity index is 513. The van der Waals surface area contributed by atoms with Gasteiger partial charge in [-0.2, -0.15) is 9.97 Å². The second-order valence-corrected chi connectivity index (χ2v) is 4.70. The van der Waals surface area contributed by atoms with E-state index in [0.717, 1.165) is 50.1 Å². The fourth-order valence-corrected chi connectivity index (χ4v) is 2.08. The van der Waals surface area contributed by atoms with E-state index in [1.165, 1.54) is 0 Å². The van der Waals surface area contributed by atoms with Crippen LogP contribution >= 0.6 is 0 Å². The molecule has 0 bridgehead atoms. The summed E-state index contributed by atoms with van der Waals surface area (Å²) in [5.74, 6) is 1.16. The quantitative estimate of drug-likeness (QED) is 0.800. The summed E-state index contributed by atoms with van der Waals surface area (Å²) < 4.78 is 0. The minimum Gasteiger partial charge on any atom is -0.368 e. The number of nitrogens with zero attached hydrogens (tertiary/aromatic N) is 4. The van der Waals surface area contributed by atoms with E-state index in [9.17, 15) is 0 Å². The van der Waals surface area contributed by atoms with Gasteiger partial charge in [0.2, 0.25) is 5.95 Å². The molecular weight excluding hydrogens is 240 g/mol. The Morgan fingerprint density at radius 1 is 1.16 bits per heavy atom. The van der Waals surface area contributed by atoms with E-state index in [-0.39, 0.29) is 5.95 Å². The second-order valence-electron chi connectivity index (χ2n) is 4.70. The fourth-order valence-electron chi connectivity index (χ4n) is 2.08. The predicted octanol–water partition coefficient (Wildman–Crippen LogP) is 2.34. The molecule has 2 aromatic heterocycles. The number of fused-ring (bicyclic) bond motifs is 1. The van der Waals surface area contributed by atoms with Crippen molar-refractivity contribution < 1.29 is 0 Å². The van der Waals surface area contributed by atoms with Crippen molar-refractivity contribution in [1.29, 1.82) is 0 Å². The lowest BCUT2D eigenvalue weighted by Gasteiger charge is -2.23. The first-order valence-electron chi connectivity index (χ1n) is 6.97. The number of nitrogens with two attached hydrogens (primary N) is 1. The van der Waals surface area contributed by atoms with E-state index in [1.807, 2.05) is 0 Å². The van der Waals surface area contributed by atoms with Crippen molar-refractivity contribution in [2.45, 2.75) is 39.5 Å². The summed E-state index contributed by atoms with van der Waals surface area (Å²) in [6.07, 6.45) is 6.25. The molecular formula is C13H22N6. The lowest BCUT2D eigenvalue weighted by molar-refractivity contribution is 0.673. The summed E-state index contributed by atoms with van der Waals surface area (Å²) in [6.45, 7) is 6.36. The Morgan fingerprint density at radius 2 is 1.84 bits per heavy atom. The van der Waals surface area contributed by atoms with Gasteiger partial charge in [-0.15, -0.1) is 0 Å². The van der Waals surface area contributed by atoms with Crippen LogP contribution in [0.2, 0.25) is 0 Å². The van der Waals surface area contributed by atoms with Gasteiger partial charge >= 0.3 is 0 Å². The van der Waals surface area contributed by atoms with Gasteiger partial charge in [0.15, 0.2) is 11.5 Å². The van der Waals surface area contributed by atoms with Crippen LogP contribution in [0, 0.1) is 0 Å². The predicted molar refractivity (Wildman–Crippen MR) is 78.1 cm³/mol. The highest BCUT2D eigenvalue weighted by atomic mass is 15.2. The molecule has 0 aliphatic heterocycles. The summed E-state index contributed by atoms with van der Waals surface area (Å²) in [4.78, 5) is 18.1. The normalized spacial score (nSPS) is 11.1. The average Bonchev–Trinajstić information content (AvgIpc) is 2.86. The van der Waals surface area contributed by atoms with Crippen molar-refractivity contribution in [3.8, 4) is 0 Å². The van der Waals surface area contributed by atoms with Crippen molar-refractivity contribution in [3.05, 3.63) is 6.33 Å². The third-order valence-corrected chi connectivity index (χ3v) is 3.15. The van der Waals surface area contributed by atoms with Gasteiger partial charge in [-0.3, -0.25) is 0 Å². The molecule has 0 saturated heterocycles. The molecule has 0 amide bonds. The van der Waals surface area contributed by atoms with E-state index >= 15 is 0 Å². The highest BCUT2D eigenvalue weighted by Crippen LogP contribution is 2.22. The number of nitrogen functional groups attached to an aromatic ring is 1. The zero-order valence-corrected chi connectivity index (χ0v) is 11.7. The number of H-pyrrole nitrogens is 1. The molecule has 2 heterocycles. The van der Waals surface area contributed by atoms with Crippen molar-refractivity contribution in [2.75, 3.05) is 23.7 Å². The largest absolute Gasteiger partial charge is 0.368 e. The van der Waals surface area contributed by atoms with Gasteiger partial charge in [-0.1, -0.05) is 26.7 Å². The van der Waals surface area contributed by atoms with E-state index in [1.54, 1.807) is 6.33 Å². The Labute approximate surface area is 113 Å². The third kappa shape index (κ3) is 3.13. The van der Waals surface area contributed by atoms with Gasteiger partial charge in [-0.05, 0) is 12.8 Å². The maximum Gasteiger partial charge on any atom is 0.224 e. The standard InChI is InChI=1S/C13H22N6/c1-3-5-7-19(8-6-4-2)12-10-11(16-9-15-10)17-13(14)18-12/h9H,3-8H2,1-2H3,(H3,14,15,16,17,18). The third-order valence-electron chi connectivity index (χ3n) is 3.15. The summed E-state index contributed by atoms with van der Waals surface area (Å²) in [5, 5.41) is 0. The molecule has 0 saturated carbocycles. The number of anilines is 2. The van der Waals surface area contributed by atoms with Crippen LogP contribution in [0.15, 0.2) is 6.33 Å². The average molecular weight is 262 g/mol. The van der Waals surface area contributed by atoms with Gasteiger partial charge in [0, 0.05) is 13.1 Å². The number of unbranched alkanes of at least 4 members (excludes halogenated alkanes) is 2. The topological polar surface area (TPSA) is 83.7 Å². The number of hydrogen-bond acceptors (Lipinski definition) is 5. The number of nitrogens with one attached hydrogen (secondary N) is 1. The van der Waals surface area contributed by atoms with Crippen LogP contribution in [0.25, 0.3) is 11.2 Å². The smallest absolute Gasteiger partial charge is 0.224 e. The molecule has 0 aromatic carbocycles. The van der Waals surface area contributed by atoms with Crippen molar-refractivity contribution in [2.24, 2.45) is 0 Å². The number of hydrogen-bond donors (Lipinski definition) is 2. The molecule has 0 aliphatic carbocycles. The van der Waals surface area contributed by atoms with Crippen molar-refractivity contribution >= 4 is 22.9 Å². The molecule has 2 aromatic rings. The minimum absolute atomic E-state index is 0.285. The highest BCUT2D eigenvalue weighted by Gasteiger charge is 2.14. The summed E-state index contributed by atoms with van der Waals surface area (Å²) >= 11 is 0. The van der Waals surface area contributed by atoms with Gasteiger partial charge in [0.1, 0.15) is 5.52 Å². The Morgan fingerprint density at radius 3 is 2.47 bits per heavy atom.